The van der Waals surface area contributed by atoms with Gasteiger partial charge in [0.15, 0.2) is 0 Å². The highest BCUT2D eigenvalue weighted by Crippen LogP contribution is 2.16. The molecule has 0 aliphatic rings. The Labute approximate surface area is 120 Å². The maximum atomic E-state index is 11.5. The molecule has 0 amide bonds. The Hall–Kier alpha value is -1.16. The third-order valence-electron chi connectivity index (χ3n) is 2.81. The highest BCUT2D eigenvalue weighted by Gasteiger charge is 2.08. The number of carbonyl (C=O) groups is 1. The lowest BCUT2D eigenvalue weighted by atomic mass is 10.1. The van der Waals surface area contributed by atoms with Crippen LogP contribution < -0.4 is 4.74 Å². The Bertz CT molecular complexity index is 375. The van der Waals surface area contributed by atoms with Crippen molar-refractivity contribution in [3.8, 4) is 5.75 Å². The van der Waals surface area contributed by atoms with Crippen LogP contribution in [0.4, 0.5) is 0 Å². The van der Waals surface area contributed by atoms with Crippen LogP contribution in [0.1, 0.15) is 37.0 Å². The molecule has 0 aliphatic carbocycles. The number of benzene rings is 1. The van der Waals surface area contributed by atoms with E-state index < -0.39 is 0 Å². The van der Waals surface area contributed by atoms with Gasteiger partial charge in [-0.05, 0) is 43.4 Å². The number of esters is 1. The van der Waals surface area contributed by atoms with Crippen LogP contribution in [0.25, 0.3) is 0 Å². The van der Waals surface area contributed by atoms with Crippen molar-refractivity contribution in [1.29, 1.82) is 0 Å². The van der Waals surface area contributed by atoms with Crippen LogP contribution in [0.15, 0.2) is 24.3 Å². The maximum absolute atomic E-state index is 11.5. The second-order valence-electron chi connectivity index (χ2n) is 4.39. The number of ether oxygens (including phenoxy) is 2. The van der Waals surface area contributed by atoms with Gasteiger partial charge in [0.05, 0.1) is 18.8 Å². The van der Waals surface area contributed by atoms with Crippen LogP contribution in [0.2, 0.25) is 0 Å². The molecule has 0 fully saturated rings. The standard InChI is InChI=1S/C15H22O3S/c1-3-5-12(11-19)10-18-14-8-6-13(7-9-14)15(16)17-4-2/h6-9,12,19H,3-5,10-11H2,1-2H3. The molecule has 1 rings (SSSR count). The van der Waals surface area contributed by atoms with E-state index in [1.807, 2.05) is 0 Å². The summed E-state index contributed by atoms with van der Waals surface area (Å²) in [6, 6.07) is 7.05. The second kappa shape index (κ2) is 8.86. The van der Waals surface area contributed by atoms with Gasteiger partial charge in [-0.3, -0.25) is 0 Å². The summed E-state index contributed by atoms with van der Waals surface area (Å²) in [5, 5.41) is 0. The molecule has 0 bridgehead atoms. The minimum Gasteiger partial charge on any atom is -0.493 e. The van der Waals surface area contributed by atoms with Crippen molar-refractivity contribution in [2.24, 2.45) is 5.92 Å². The number of carbonyl (C=O) groups excluding carboxylic acids is 1. The molecule has 0 radical (unpaired) electrons. The number of rotatable bonds is 8. The molecule has 0 aromatic heterocycles. The van der Waals surface area contributed by atoms with Crippen molar-refractivity contribution >= 4 is 18.6 Å². The number of thiol groups is 1. The van der Waals surface area contributed by atoms with Crippen molar-refractivity contribution < 1.29 is 14.3 Å². The number of hydrogen-bond acceptors (Lipinski definition) is 4. The first-order valence-electron chi connectivity index (χ1n) is 6.72. The molecule has 0 heterocycles. The van der Waals surface area contributed by atoms with Crippen molar-refractivity contribution in [2.45, 2.75) is 26.7 Å². The molecule has 3 nitrogen and oxygen atoms in total. The molecule has 1 unspecified atom stereocenters. The van der Waals surface area contributed by atoms with Gasteiger partial charge in [0.1, 0.15) is 5.75 Å². The summed E-state index contributed by atoms with van der Waals surface area (Å²) in [5.74, 6) is 1.77. The highest BCUT2D eigenvalue weighted by molar-refractivity contribution is 7.80. The fourth-order valence-electron chi connectivity index (χ4n) is 1.75. The van der Waals surface area contributed by atoms with Gasteiger partial charge in [-0.2, -0.15) is 12.6 Å². The Morgan fingerprint density at radius 1 is 1.26 bits per heavy atom. The third-order valence-corrected chi connectivity index (χ3v) is 3.32. The largest absolute Gasteiger partial charge is 0.493 e. The summed E-state index contributed by atoms with van der Waals surface area (Å²) < 4.78 is 10.6. The Kier molecular flexibility index (Phi) is 7.41. The Morgan fingerprint density at radius 2 is 1.95 bits per heavy atom. The van der Waals surface area contributed by atoms with Gasteiger partial charge in [0.2, 0.25) is 0 Å². The maximum Gasteiger partial charge on any atom is 0.338 e. The third kappa shape index (κ3) is 5.55. The van der Waals surface area contributed by atoms with Crippen molar-refractivity contribution in [3.05, 3.63) is 29.8 Å². The van der Waals surface area contributed by atoms with Gasteiger partial charge >= 0.3 is 5.97 Å². The van der Waals surface area contributed by atoms with Crippen LogP contribution in [0, 0.1) is 5.92 Å². The summed E-state index contributed by atoms with van der Waals surface area (Å²) in [4.78, 5) is 11.5. The lowest BCUT2D eigenvalue weighted by Gasteiger charge is -2.14. The second-order valence-corrected chi connectivity index (χ2v) is 4.76. The lowest BCUT2D eigenvalue weighted by molar-refractivity contribution is 0.0526. The molecular weight excluding hydrogens is 260 g/mol. The van der Waals surface area contributed by atoms with E-state index in [0.717, 1.165) is 24.3 Å². The predicted octanol–water partition coefficient (Wildman–Crippen LogP) is 3.59. The van der Waals surface area contributed by atoms with Gasteiger partial charge in [0, 0.05) is 5.92 Å². The zero-order chi connectivity index (χ0) is 14.1. The van der Waals surface area contributed by atoms with E-state index in [2.05, 4.69) is 19.6 Å². The first kappa shape index (κ1) is 15.9. The molecule has 1 aromatic rings. The van der Waals surface area contributed by atoms with E-state index in [1.165, 1.54) is 0 Å². The molecule has 0 aliphatic heterocycles. The van der Waals surface area contributed by atoms with Crippen molar-refractivity contribution in [3.63, 3.8) is 0 Å². The summed E-state index contributed by atoms with van der Waals surface area (Å²) in [6.45, 7) is 5.00. The Morgan fingerprint density at radius 3 is 2.47 bits per heavy atom. The van der Waals surface area contributed by atoms with E-state index >= 15 is 0 Å². The summed E-state index contributed by atoms with van der Waals surface area (Å²) in [6.07, 6.45) is 2.25. The number of hydrogen-bond donors (Lipinski definition) is 1. The van der Waals surface area contributed by atoms with Crippen LogP contribution in [0.3, 0.4) is 0 Å². The average molecular weight is 282 g/mol. The van der Waals surface area contributed by atoms with Crippen LogP contribution in [-0.4, -0.2) is 24.9 Å². The lowest BCUT2D eigenvalue weighted by Crippen LogP contribution is -2.13. The molecule has 1 atom stereocenters. The fraction of sp³-hybridized carbons (Fsp3) is 0.533. The smallest absolute Gasteiger partial charge is 0.338 e. The summed E-state index contributed by atoms with van der Waals surface area (Å²) in [7, 11) is 0. The summed E-state index contributed by atoms with van der Waals surface area (Å²) in [5.41, 5.74) is 0.550. The first-order chi connectivity index (χ1) is 9.21. The molecule has 0 saturated heterocycles. The van der Waals surface area contributed by atoms with Crippen molar-refractivity contribution in [1.82, 2.24) is 0 Å². The highest BCUT2D eigenvalue weighted by atomic mass is 32.1. The predicted molar refractivity (Wildman–Crippen MR) is 80.1 cm³/mol. The van der Waals surface area contributed by atoms with E-state index in [4.69, 9.17) is 9.47 Å². The molecule has 106 valence electrons. The molecule has 0 N–H and O–H groups in total. The first-order valence-corrected chi connectivity index (χ1v) is 7.35. The van der Waals surface area contributed by atoms with E-state index in [9.17, 15) is 4.79 Å². The zero-order valence-electron chi connectivity index (χ0n) is 11.6. The molecule has 0 spiro atoms. The normalized spacial score (nSPS) is 11.9. The molecule has 0 saturated carbocycles. The molecule has 4 heteroatoms. The van der Waals surface area contributed by atoms with Gasteiger partial charge in [0.25, 0.3) is 0 Å². The molecule has 1 aromatic carbocycles. The zero-order valence-corrected chi connectivity index (χ0v) is 12.5. The molecular formula is C15H22O3S. The van der Waals surface area contributed by atoms with E-state index in [0.29, 0.717) is 24.7 Å². The van der Waals surface area contributed by atoms with Gasteiger partial charge in [-0.15, -0.1) is 0 Å². The quantitative estimate of drug-likeness (QED) is 0.584. The fourth-order valence-corrected chi connectivity index (χ4v) is 2.04. The van der Waals surface area contributed by atoms with Crippen LogP contribution in [-0.2, 0) is 4.74 Å². The van der Waals surface area contributed by atoms with Crippen LogP contribution in [0.5, 0.6) is 5.75 Å². The monoisotopic (exact) mass is 282 g/mol. The van der Waals surface area contributed by atoms with E-state index in [-0.39, 0.29) is 5.97 Å². The van der Waals surface area contributed by atoms with Crippen LogP contribution >= 0.6 is 12.6 Å². The SMILES string of the molecule is CCCC(CS)COc1ccc(C(=O)OCC)cc1. The minimum atomic E-state index is -0.298. The van der Waals surface area contributed by atoms with Gasteiger partial charge in [-0.25, -0.2) is 4.79 Å². The average Bonchev–Trinajstić information content (AvgIpc) is 2.44. The topological polar surface area (TPSA) is 35.5 Å². The van der Waals surface area contributed by atoms with E-state index in [1.54, 1.807) is 31.2 Å². The van der Waals surface area contributed by atoms with Gasteiger partial charge < -0.3 is 9.47 Å². The van der Waals surface area contributed by atoms with Gasteiger partial charge in [-0.1, -0.05) is 13.3 Å². The van der Waals surface area contributed by atoms with Crippen molar-refractivity contribution in [2.75, 3.05) is 19.0 Å². The molecule has 19 heavy (non-hydrogen) atoms. The summed E-state index contributed by atoms with van der Waals surface area (Å²) >= 11 is 4.32. The Balaban J connectivity index is 2.50. The minimum absolute atomic E-state index is 0.298.